The van der Waals surface area contributed by atoms with Crippen molar-refractivity contribution < 1.29 is 18.3 Å². The predicted octanol–water partition coefficient (Wildman–Crippen LogP) is 4.54. The Hall–Kier alpha value is -2.31. The van der Waals surface area contributed by atoms with Crippen molar-refractivity contribution in [2.45, 2.75) is 71.4 Å². The molecular weight excluding hydrogens is 364 g/mol. The summed E-state index contributed by atoms with van der Waals surface area (Å²) in [7, 11) is 0. The van der Waals surface area contributed by atoms with E-state index in [0.717, 1.165) is 18.4 Å². The normalized spacial score (nSPS) is 19.0. The number of hydrogen-bond donors (Lipinski definition) is 0. The lowest BCUT2D eigenvalue weighted by Gasteiger charge is -2.28. The zero-order chi connectivity index (χ0) is 20.3. The molecule has 1 atom stereocenters. The van der Waals surface area contributed by atoms with Crippen LogP contribution in [-0.2, 0) is 30.0 Å². The van der Waals surface area contributed by atoms with Gasteiger partial charge in [0.05, 0.1) is 17.4 Å². The molecule has 152 valence electrons. The van der Waals surface area contributed by atoms with Gasteiger partial charge in [0.2, 0.25) is 0 Å². The van der Waals surface area contributed by atoms with Gasteiger partial charge in [0.25, 0.3) is 5.92 Å². The second-order valence-electron chi connectivity index (χ2n) is 7.62. The smallest absolute Gasteiger partial charge is 0.338 e. The van der Waals surface area contributed by atoms with Crippen LogP contribution in [0.1, 0.15) is 67.3 Å². The fraction of sp³-hybridized carbons (Fsp3) is 0.571. The maximum absolute atomic E-state index is 15.3. The first-order valence-electron chi connectivity index (χ1n) is 9.93. The Bertz CT molecular complexity index is 816. The number of aromatic nitrogens is 3. The van der Waals surface area contributed by atoms with Crippen LogP contribution >= 0.6 is 0 Å². The molecule has 2 aromatic rings. The van der Waals surface area contributed by atoms with Crippen molar-refractivity contribution in [3.05, 3.63) is 46.8 Å². The van der Waals surface area contributed by atoms with Crippen molar-refractivity contribution in [1.82, 2.24) is 15.0 Å². The van der Waals surface area contributed by atoms with Crippen molar-refractivity contribution in [3.63, 3.8) is 0 Å². The van der Waals surface area contributed by atoms with Crippen LogP contribution in [-0.4, -0.2) is 27.1 Å². The highest BCUT2D eigenvalue weighted by Gasteiger charge is 2.46. The summed E-state index contributed by atoms with van der Waals surface area (Å²) < 4.78 is 37.3. The van der Waals surface area contributed by atoms with E-state index in [1.807, 2.05) is 6.92 Å². The Balaban J connectivity index is 1.80. The van der Waals surface area contributed by atoms with Gasteiger partial charge in [-0.15, -0.1) is 5.10 Å². The first kappa shape index (κ1) is 20.4. The molecule has 1 heterocycles. The van der Waals surface area contributed by atoms with E-state index in [-0.39, 0.29) is 18.2 Å². The standard InChI is InChI=1S/C21H27F2N3O2/c1-4-26-18-8-6-5-7-17(21(22,23)19(18)24-25-26)13-15-9-11-16(12-10-15)20(27)28-14(2)3/h9-12,14,17H,4-8,13H2,1-3H3. The molecule has 0 saturated heterocycles. The predicted molar refractivity (Wildman–Crippen MR) is 101 cm³/mol. The molecule has 0 saturated carbocycles. The molecule has 1 aliphatic carbocycles. The highest BCUT2D eigenvalue weighted by atomic mass is 19.3. The fourth-order valence-electron chi connectivity index (χ4n) is 3.72. The van der Waals surface area contributed by atoms with Gasteiger partial charge in [-0.2, -0.15) is 8.78 Å². The first-order chi connectivity index (χ1) is 13.3. The Kier molecular flexibility index (Phi) is 6.10. The second-order valence-corrected chi connectivity index (χ2v) is 7.62. The molecule has 7 heteroatoms. The largest absolute Gasteiger partial charge is 0.459 e. The Morgan fingerprint density at radius 2 is 2.00 bits per heavy atom. The summed E-state index contributed by atoms with van der Waals surface area (Å²) >= 11 is 0. The van der Waals surface area contributed by atoms with E-state index in [4.69, 9.17) is 4.74 Å². The van der Waals surface area contributed by atoms with Crippen molar-refractivity contribution >= 4 is 5.97 Å². The molecular formula is C21H27F2N3O2. The third-order valence-corrected chi connectivity index (χ3v) is 5.20. The molecule has 0 bridgehead atoms. The van der Waals surface area contributed by atoms with Gasteiger partial charge in [-0.25, -0.2) is 9.48 Å². The van der Waals surface area contributed by atoms with Gasteiger partial charge in [-0.05, 0) is 64.2 Å². The molecule has 1 unspecified atom stereocenters. The van der Waals surface area contributed by atoms with Crippen LogP contribution in [0.3, 0.4) is 0 Å². The lowest BCUT2D eigenvalue weighted by Crippen LogP contribution is -2.31. The van der Waals surface area contributed by atoms with Crippen molar-refractivity contribution in [1.29, 1.82) is 0 Å². The maximum atomic E-state index is 15.3. The Morgan fingerprint density at radius 3 is 2.64 bits per heavy atom. The van der Waals surface area contributed by atoms with Gasteiger partial charge in [0.15, 0.2) is 5.69 Å². The zero-order valence-corrected chi connectivity index (χ0v) is 16.6. The number of fused-ring (bicyclic) bond motifs is 1. The summed E-state index contributed by atoms with van der Waals surface area (Å²) in [5.41, 5.74) is 1.59. The van der Waals surface area contributed by atoms with E-state index in [2.05, 4.69) is 10.3 Å². The lowest BCUT2D eigenvalue weighted by molar-refractivity contribution is -0.0751. The van der Waals surface area contributed by atoms with Crippen LogP contribution in [0.25, 0.3) is 0 Å². The minimum absolute atomic E-state index is 0.170. The number of hydrogen-bond acceptors (Lipinski definition) is 4. The summed E-state index contributed by atoms with van der Waals surface area (Å²) in [6.07, 6.45) is 2.64. The Morgan fingerprint density at radius 1 is 1.29 bits per heavy atom. The van der Waals surface area contributed by atoms with Crippen molar-refractivity contribution in [2.75, 3.05) is 0 Å². The van der Waals surface area contributed by atoms with E-state index in [0.29, 0.717) is 30.6 Å². The van der Waals surface area contributed by atoms with E-state index in [9.17, 15) is 4.79 Å². The van der Waals surface area contributed by atoms with E-state index in [1.54, 1.807) is 42.8 Å². The third kappa shape index (κ3) is 4.23. The molecule has 0 N–H and O–H groups in total. The molecule has 1 aromatic heterocycles. The van der Waals surface area contributed by atoms with Crippen LogP contribution in [0.15, 0.2) is 24.3 Å². The van der Waals surface area contributed by atoms with Crippen LogP contribution in [0.2, 0.25) is 0 Å². The van der Waals surface area contributed by atoms with E-state index >= 15 is 8.78 Å². The number of carbonyl (C=O) groups excluding carboxylic acids is 1. The minimum atomic E-state index is -3.03. The molecule has 3 rings (SSSR count). The molecule has 0 aliphatic heterocycles. The molecule has 0 radical (unpaired) electrons. The highest BCUT2D eigenvalue weighted by molar-refractivity contribution is 5.89. The molecule has 0 fully saturated rings. The summed E-state index contributed by atoms with van der Waals surface area (Å²) in [6.45, 7) is 5.99. The molecule has 0 amide bonds. The number of nitrogens with zero attached hydrogens (tertiary/aromatic N) is 3. The summed E-state index contributed by atoms with van der Waals surface area (Å²) in [4.78, 5) is 12.0. The average molecular weight is 391 g/mol. The van der Waals surface area contributed by atoms with Crippen LogP contribution < -0.4 is 0 Å². The number of benzene rings is 1. The topological polar surface area (TPSA) is 57.0 Å². The number of halogens is 2. The second kappa shape index (κ2) is 8.37. The maximum Gasteiger partial charge on any atom is 0.338 e. The number of esters is 1. The number of aryl methyl sites for hydroxylation is 1. The lowest BCUT2D eigenvalue weighted by atomic mass is 9.83. The van der Waals surface area contributed by atoms with Gasteiger partial charge in [0, 0.05) is 12.5 Å². The van der Waals surface area contributed by atoms with Gasteiger partial charge < -0.3 is 4.74 Å². The molecule has 1 aromatic carbocycles. The quantitative estimate of drug-likeness (QED) is 0.702. The van der Waals surface area contributed by atoms with E-state index < -0.39 is 17.8 Å². The average Bonchev–Trinajstić information content (AvgIpc) is 3.06. The van der Waals surface area contributed by atoms with Crippen molar-refractivity contribution in [3.8, 4) is 0 Å². The van der Waals surface area contributed by atoms with Gasteiger partial charge in [0.1, 0.15) is 0 Å². The summed E-state index contributed by atoms with van der Waals surface area (Å²) in [6, 6.07) is 6.74. The van der Waals surface area contributed by atoms with Gasteiger partial charge in [-0.1, -0.05) is 23.8 Å². The number of ether oxygens (including phenoxy) is 1. The zero-order valence-electron chi connectivity index (χ0n) is 16.6. The fourth-order valence-corrected chi connectivity index (χ4v) is 3.72. The Labute approximate surface area is 164 Å². The van der Waals surface area contributed by atoms with Gasteiger partial charge in [-0.3, -0.25) is 0 Å². The molecule has 1 aliphatic rings. The van der Waals surface area contributed by atoms with Crippen LogP contribution in [0.5, 0.6) is 0 Å². The molecule has 0 spiro atoms. The van der Waals surface area contributed by atoms with Gasteiger partial charge >= 0.3 is 5.97 Å². The number of rotatable bonds is 5. The van der Waals surface area contributed by atoms with Crippen LogP contribution in [0.4, 0.5) is 8.78 Å². The summed E-state index contributed by atoms with van der Waals surface area (Å²) in [5, 5.41) is 7.77. The third-order valence-electron chi connectivity index (χ3n) is 5.20. The number of carbonyl (C=O) groups is 1. The number of alkyl halides is 2. The summed E-state index contributed by atoms with van der Waals surface area (Å²) in [5.74, 6) is -4.28. The molecule has 28 heavy (non-hydrogen) atoms. The molecule has 5 nitrogen and oxygen atoms in total. The van der Waals surface area contributed by atoms with Crippen LogP contribution in [0, 0.1) is 5.92 Å². The minimum Gasteiger partial charge on any atom is -0.459 e. The van der Waals surface area contributed by atoms with E-state index in [1.165, 1.54) is 0 Å². The monoisotopic (exact) mass is 391 g/mol. The highest BCUT2D eigenvalue weighted by Crippen LogP contribution is 2.42. The van der Waals surface area contributed by atoms with Crippen molar-refractivity contribution in [2.24, 2.45) is 5.92 Å². The SMILES string of the molecule is CCn1nnc2c1CCCCC(Cc1ccc(C(=O)OC(C)C)cc1)C2(F)F. The first-order valence-corrected chi connectivity index (χ1v) is 9.93.